The van der Waals surface area contributed by atoms with Gasteiger partial charge in [0.1, 0.15) is 17.6 Å². The Labute approximate surface area is 117 Å². The van der Waals surface area contributed by atoms with Crippen molar-refractivity contribution < 1.29 is 13.9 Å². The zero-order valence-electron chi connectivity index (χ0n) is 11.6. The lowest BCUT2D eigenvalue weighted by Gasteiger charge is -2.19. The number of hydrogen-bond donors (Lipinski definition) is 0. The van der Waals surface area contributed by atoms with Crippen molar-refractivity contribution in [2.75, 3.05) is 13.7 Å². The van der Waals surface area contributed by atoms with E-state index in [1.54, 1.807) is 6.07 Å². The van der Waals surface area contributed by atoms with E-state index in [4.69, 9.17) is 4.74 Å². The number of fused-ring (bicyclic) bond motifs is 1. The van der Waals surface area contributed by atoms with E-state index in [9.17, 15) is 14.4 Å². The predicted molar refractivity (Wildman–Crippen MR) is 71.9 cm³/mol. The number of nitriles is 1. The van der Waals surface area contributed by atoms with Crippen LogP contribution >= 0.6 is 0 Å². The van der Waals surface area contributed by atoms with Gasteiger partial charge in [-0.3, -0.25) is 4.79 Å². The van der Waals surface area contributed by atoms with Crippen molar-refractivity contribution in [2.45, 2.75) is 32.2 Å². The zero-order chi connectivity index (χ0) is 14.7. The Hall–Kier alpha value is -2.09. The molecule has 0 saturated carbocycles. The summed E-state index contributed by atoms with van der Waals surface area (Å²) in [5.41, 5.74) is 0.416. The van der Waals surface area contributed by atoms with Gasteiger partial charge in [0.15, 0.2) is 0 Å². The van der Waals surface area contributed by atoms with Crippen molar-refractivity contribution in [3.8, 4) is 11.8 Å². The van der Waals surface area contributed by atoms with Crippen molar-refractivity contribution >= 4 is 5.91 Å². The smallest absolute Gasteiger partial charge is 0.258 e. The number of nitrogens with zero attached hydrogens (tertiary/aromatic N) is 2. The molecule has 0 saturated heterocycles. The number of methoxy groups -OCH3 is 1. The Morgan fingerprint density at radius 1 is 1.45 bits per heavy atom. The monoisotopic (exact) mass is 276 g/mol. The van der Waals surface area contributed by atoms with Crippen molar-refractivity contribution in [2.24, 2.45) is 0 Å². The number of benzene rings is 1. The number of rotatable bonds is 5. The SMILES string of the molecule is CCCCCN1C(=O)c2c(F)cc(OC)cc2C1C#N. The molecule has 0 bridgehead atoms. The third-order valence-corrected chi connectivity index (χ3v) is 3.54. The molecule has 0 N–H and O–H groups in total. The van der Waals surface area contributed by atoms with Crippen LogP contribution in [0.15, 0.2) is 12.1 Å². The second-order valence-electron chi connectivity index (χ2n) is 4.81. The highest BCUT2D eigenvalue weighted by molar-refractivity contribution is 6.00. The fourth-order valence-electron chi connectivity index (χ4n) is 2.49. The molecule has 20 heavy (non-hydrogen) atoms. The van der Waals surface area contributed by atoms with E-state index in [1.165, 1.54) is 18.1 Å². The summed E-state index contributed by atoms with van der Waals surface area (Å²) in [4.78, 5) is 13.7. The first-order chi connectivity index (χ1) is 9.63. The molecule has 106 valence electrons. The summed E-state index contributed by atoms with van der Waals surface area (Å²) in [7, 11) is 1.43. The number of carbonyl (C=O) groups is 1. The lowest BCUT2D eigenvalue weighted by Crippen LogP contribution is -2.28. The molecule has 0 spiro atoms. The van der Waals surface area contributed by atoms with Gasteiger partial charge in [0.25, 0.3) is 5.91 Å². The topological polar surface area (TPSA) is 53.3 Å². The Morgan fingerprint density at radius 3 is 2.80 bits per heavy atom. The summed E-state index contributed by atoms with van der Waals surface area (Å²) < 4.78 is 19.0. The Balaban J connectivity index is 2.36. The molecule has 5 heteroatoms. The molecule has 0 fully saturated rings. The number of carbonyl (C=O) groups excluding carboxylic acids is 1. The fourth-order valence-corrected chi connectivity index (χ4v) is 2.49. The van der Waals surface area contributed by atoms with Gasteiger partial charge in [-0.2, -0.15) is 5.26 Å². The van der Waals surface area contributed by atoms with Crippen LogP contribution in [0.4, 0.5) is 4.39 Å². The molecule has 0 radical (unpaired) electrons. The van der Waals surface area contributed by atoms with Gasteiger partial charge in [0, 0.05) is 18.2 Å². The van der Waals surface area contributed by atoms with Gasteiger partial charge in [-0.25, -0.2) is 4.39 Å². The average Bonchev–Trinajstić information content (AvgIpc) is 2.71. The molecule has 0 aliphatic carbocycles. The first kappa shape index (κ1) is 14.3. The lowest BCUT2D eigenvalue weighted by molar-refractivity contribution is 0.0751. The van der Waals surface area contributed by atoms with Crippen LogP contribution in [0.5, 0.6) is 5.75 Å². The maximum absolute atomic E-state index is 14.0. The Bertz CT molecular complexity index is 566. The van der Waals surface area contributed by atoms with E-state index in [-0.39, 0.29) is 5.56 Å². The predicted octanol–water partition coefficient (Wildman–Crippen LogP) is 3.04. The highest BCUT2D eigenvalue weighted by Gasteiger charge is 2.39. The third-order valence-electron chi connectivity index (χ3n) is 3.54. The average molecular weight is 276 g/mol. The summed E-state index contributed by atoms with van der Waals surface area (Å²) in [6.07, 6.45) is 2.81. The minimum atomic E-state index is -0.723. The summed E-state index contributed by atoms with van der Waals surface area (Å²) in [6, 6.07) is 4.12. The summed E-state index contributed by atoms with van der Waals surface area (Å²) in [6.45, 7) is 2.54. The van der Waals surface area contributed by atoms with Gasteiger partial charge < -0.3 is 9.64 Å². The van der Waals surface area contributed by atoms with Crippen molar-refractivity contribution in [3.63, 3.8) is 0 Å². The van der Waals surface area contributed by atoms with E-state index in [2.05, 4.69) is 13.0 Å². The number of amides is 1. The van der Waals surface area contributed by atoms with E-state index in [0.29, 0.717) is 17.9 Å². The largest absolute Gasteiger partial charge is 0.497 e. The van der Waals surface area contributed by atoms with Crippen LogP contribution in [0, 0.1) is 17.1 Å². The molecule has 1 heterocycles. The quantitative estimate of drug-likeness (QED) is 0.777. The number of halogens is 1. The van der Waals surface area contributed by atoms with Crippen LogP contribution in [-0.2, 0) is 0 Å². The van der Waals surface area contributed by atoms with Crippen molar-refractivity contribution in [1.29, 1.82) is 5.26 Å². The van der Waals surface area contributed by atoms with E-state index in [1.807, 2.05) is 0 Å². The number of hydrogen-bond acceptors (Lipinski definition) is 3. The molecule has 1 unspecified atom stereocenters. The molecule has 1 aliphatic rings. The zero-order valence-corrected chi connectivity index (χ0v) is 11.6. The van der Waals surface area contributed by atoms with Crippen molar-refractivity contribution in [3.05, 3.63) is 29.1 Å². The van der Waals surface area contributed by atoms with Crippen LogP contribution in [0.25, 0.3) is 0 Å². The lowest BCUT2D eigenvalue weighted by atomic mass is 10.0. The first-order valence-corrected chi connectivity index (χ1v) is 6.72. The highest BCUT2D eigenvalue weighted by Crippen LogP contribution is 2.37. The number of unbranched alkanes of at least 4 members (excludes halogenated alkanes) is 2. The summed E-state index contributed by atoms with van der Waals surface area (Å²) in [5, 5.41) is 9.30. The molecule has 1 atom stereocenters. The van der Waals surface area contributed by atoms with Gasteiger partial charge >= 0.3 is 0 Å². The molecule has 0 aromatic heterocycles. The summed E-state index contributed by atoms with van der Waals surface area (Å²) in [5.74, 6) is -0.699. The highest BCUT2D eigenvalue weighted by atomic mass is 19.1. The van der Waals surface area contributed by atoms with Crippen LogP contribution in [-0.4, -0.2) is 24.5 Å². The van der Waals surface area contributed by atoms with E-state index < -0.39 is 17.8 Å². The van der Waals surface area contributed by atoms with Crippen molar-refractivity contribution in [1.82, 2.24) is 4.90 Å². The van der Waals surface area contributed by atoms with Gasteiger partial charge in [0.2, 0.25) is 0 Å². The van der Waals surface area contributed by atoms with Crippen LogP contribution in [0.3, 0.4) is 0 Å². The van der Waals surface area contributed by atoms with E-state index >= 15 is 0 Å². The van der Waals surface area contributed by atoms with Crippen LogP contribution in [0.1, 0.15) is 48.1 Å². The molecule has 1 amide bonds. The minimum Gasteiger partial charge on any atom is -0.497 e. The molecule has 4 nitrogen and oxygen atoms in total. The maximum atomic E-state index is 14.0. The minimum absolute atomic E-state index is 0.00819. The molecule has 2 rings (SSSR count). The fraction of sp³-hybridized carbons (Fsp3) is 0.467. The standard InChI is InChI=1S/C15H17FN2O2/c1-3-4-5-6-18-13(9-17)11-7-10(20-2)8-12(16)14(11)15(18)19/h7-8,13H,3-6H2,1-2H3. The maximum Gasteiger partial charge on any atom is 0.258 e. The molecular weight excluding hydrogens is 259 g/mol. The molecule has 1 aromatic rings. The van der Waals surface area contributed by atoms with Crippen LogP contribution < -0.4 is 4.74 Å². The molecule has 1 aliphatic heterocycles. The third kappa shape index (κ3) is 2.34. The number of ether oxygens (including phenoxy) is 1. The summed E-state index contributed by atoms with van der Waals surface area (Å²) >= 11 is 0. The van der Waals surface area contributed by atoms with Gasteiger partial charge in [-0.1, -0.05) is 19.8 Å². The first-order valence-electron chi connectivity index (χ1n) is 6.72. The second-order valence-corrected chi connectivity index (χ2v) is 4.81. The van der Waals surface area contributed by atoms with Gasteiger partial charge in [0.05, 0.1) is 18.7 Å². The van der Waals surface area contributed by atoms with E-state index in [0.717, 1.165) is 19.3 Å². The molecule has 1 aromatic carbocycles. The molecular formula is C15H17FN2O2. The van der Waals surface area contributed by atoms with Crippen LogP contribution in [0.2, 0.25) is 0 Å². The van der Waals surface area contributed by atoms with Gasteiger partial charge in [-0.15, -0.1) is 0 Å². The second kappa shape index (κ2) is 5.91. The van der Waals surface area contributed by atoms with Gasteiger partial charge in [-0.05, 0) is 12.5 Å². The Morgan fingerprint density at radius 2 is 2.20 bits per heavy atom. The normalized spacial score (nSPS) is 17.0. The Kier molecular flexibility index (Phi) is 4.23.